The molecule has 0 amide bonds. The topological polar surface area (TPSA) is 26.3 Å². The number of rotatable bonds is 3. The van der Waals surface area contributed by atoms with E-state index in [2.05, 4.69) is 11.6 Å². The molecule has 2 nitrogen and oxygen atoms in total. The molecule has 0 spiro atoms. The van der Waals surface area contributed by atoms with Crippen LogP contribution in [-0.2, 0) is 9.53 Å². The molecule has 0 saturated carbocycles. The van der Waals surface area contributed by atoms with Crippen LogP contribution in [0, 0.1) is 0 Å². The molecule has 0 fully saturated rings. The van der Waals surface area contributed by atoms with Gasteiger partial charge in [-0.3, -0.25) is 0 Å². The van der Waals surface area contributed by atoms with E-state index >= 15 is 0 Å². The molecule has 4 heteroatoms. The van der Waals surface area contributed by atoms with Gasteiger partial charge < -0.3 is 17.0 Å². The van der Waals surface area contributed by atoms with E-state index in [-0.39, 0.29) is 23.0 Å². The van der Waals surface area contributed by atoms with Crippen molar-refractivity contribution in [1.82, 2.24) is 0 Å². The van der Waals surface area contributed by atoms with Gasteiger partial charge in [0.05, 0.1) is 0 Å². The van der Waals surface area contributed by atoms with E-state index in [9.17, 15) is 4.79 Å². The molecule has 0 aliphatic rings. The Balaban J connectivity index is 0. The van der Waals surface area contributed by atoms with Crippen LogP contribution in [0.5, 0.6) is 0 Å². The number of halogens is 1. The summed E-state index contributed by atoms with van der Waals surface area (Å²) in [4.78, 5) is 10.7. The molecule has 0 aromatic rings. The standard InChI is InChI=1S/C6H13O2Se.BrH/c1-4-8-6(7)5-9(2)3;/h4-5H2,1-3H3;1H/q+1;/p-1. The summed E-state index contributed by atoms with van der Waals surface area (Å²) in [6, 6.07) is 0. The van der Waals surface area contributed by atoms with E-state index in [1.54, 1.807) is 0 Å². The SMILES string of the molecule is CCOC(=O)C[Se+](C)C.[Br-]. The molecular formula is C6H13BrO2Se. The van der Waals surface area contributed by atoms with Crippen LogP contribution in [0.3, 0.4) is 0 Å². The minimum absolute atomic E-state index is 0. The Morgan fingerprint density at radius 1 is 1.50 bits per heavy atom. The third-order valence-corrected chi connectivity index (χ3v) is 2.42. The number of hydrogen-bond acceptors (Lipinski definition) is 2. The average molecular weight is 276 g/mol. The average Bonchev–Trinajstić information content (AvgIpc) is 1.63. The Labute approximate surface area is 77.0 Å². The van der Waals surface area contributed by atoms with Crippen molar-refractivity contribution in [2.45, 2.75) is 23.9 Å². The van der Waals surface area contributed by atoms with Crippen molar-refractivity contribution in [3.8, 4) is 0 Å². The van der Waals surface area contributed by atoms with Gasteiger partial charge in [0.1, 0.15) is 0 Å². The van der Waals surface area contributed by atoms with Crippen molar-refractivity contribution < 1.29 is 26.5 Å². The number of carbonyl (C=O) groups is 1. The van der Waals surface area contributed by atoms with Crippen molar-refractivity contribution in [2.75, 3.05) is 6.61 Å². The van der Waals surface area contributed by atoms with Gasteiger partial charge in [-0.25, -0.2) is 0 Å². The van der Waals surface area contributed by atoms with Crippen molar-refractivity contribution in [1.29, 1.82) is 0 Å². The first-order valence-electron chi connectivity index (χ1n) is 2.86. The maximum absolute atomic E-state index is 10.7. The molecule has 62 valence electrons. The number of ether oxygens (including phenoxy) is 1. The van der Waals surface area contributed by atoms with Gasteiger partial charge in [0.25, 0.3) is 0 Å². The van der Waals surface area contributed by atoms with E-state index < -0.39 is 13.9 Å². The van der Waals surface area contributed by atoms with Gasteiger partial charge in [0.15, 0.2) is 0 Å². The second-order valence-corrected chi connectivity index (χ2v) is 6.68. The van der Waals surface area contributed by atoms with E-state index in [0.717, 1.165) is 0 Å². The van der Waals surface area contributed by atoms with Gasteiger partial charge >= 0.3 is 59.9 Å². The van der Waals surface area contributed by atoms with Gasteiger partial charge in [-0.1, -0.05) is 0 Å². The van der Waals surface area contributed by atoms with E-state index in [4.69, 9.17) is 4.74 Å². The van der Waals surface area contributed by atoms with Gasteiger partial charge in [0, 0.05) is 0 Å². The molecule has 0 saturated heterocycles. The minimum Gasteiger partial charge on any atom is -1.00 e. The first kappa shape index (κ1) is 13.1. The number of carbonyl (C=O) groups excluding carboxylic acids is 1. The summed E-state index contributed by atoms with van der Waals surface area (Å²) in [5.41, 5.74) is 0. The zero-order valence-electron chi connectivity index (χ0n) is 6.52. The monoisotopic (exact) mass is 276 g/mol. The summed E-state index contributed by atoms with van der Waals surface area (Å²) in [6.45, 7) is 2.34. The molecular weight excluding hydrogens is 263 g/mol. The Morgan fingerprint density at radius 3 is 2.30 bits per heavy atom. The van der Waals surface area contributed by atoms with Crippen LogP contribution in [0.15, 0.2) is 0 Å². The molecule has 0 radical (unpaired) electrons. The van der Waals surface area contributed by atoms with Crippen LogP contribution in [0.4, 0.5) is 0 Å². The Kier molecular flexibility index (Phi) is 9.91. The molecule has 10 heavy (non-hydrogen) atoms. The van der Waals surface area contributed by atoms with Gasteiger partial charge in [-0.05, 0) is 0 Å². The van der Waals surface area contributed by atoms with E-state index in [1.807, 2.05) is 6.92 Å². The summed E-state index contributed by atoms with van der Waals surface area (Å²) in [5, 5.41) is 0.661. The Hall–Kier alpha value is 0.469. The molecule has 0 unspecified atom stereocenters. The van der Waals surface area contributed by atoms with E-state index in [0.29, 0.717) is 11.9 Å². The molecule has 0 heterocycles. The van der Waals surface area contributed by atoms with Crippen molar-refractivity contribution in [3.05, 3.63) is 0 Å². The van der Waals surface area contributed by atoms with Crippen molar-refractivity contribution in [3.63, 3.8) is 0 Å². The van der Waals surface area contributed by atoms with Gasteiger partial charge in [-0.2, -0.15) is 0 Å². The number of esters is 1. The predicted octanol–water partition coefficient (Wildman–Crippen LogP) is -1.69. The zero-order chi connectivity index (χ0) is 7.28. The van der Waals surface area contributed by atoms with Crippen LogP contribution < -0.4 is 17.0 Å². The summed E-state index contributed by atoms with van der Waals surface area (Å²) < 4.78 is 4.74. The molecule has 0 rings (SSSR count). The van der Waals surface area contributed by atoms with Crippen LogP contribution >= 0.6 is 0 Å². The fourth-order valence-electron chi connectivity index (χ4n) is 0.438. The third-order valence-electron chi connectivity index (χ3n) is 0.712. The zero-order valence-corrected chi connectivity index (χ0v) is 9.82. The maximum atomic E-state index is 10.7. The van der Waals surface area contributed by atoms with Crippen LogP contribution in [0.25, 0.3) is 0 Å². The fraction of sp³-hybridized carbons (Fsp3) is 0.833. The van der Waals surface area contributed by atoms with Crippen LogP contribution in [0.2, 0.25) is 17.0 Å². The van der Waals surface area contributed by atoms with Crippen LogP contribution in [0.1, 0.15) is 6.92 Å². The first-order chi connectivity index (χ1) is 4.16. The molecule has 0 aromatic carbocycles. The normalized spacial score (nSPS) is 8.80. The Bertz CT molecular complexity index is 95.7. The largest absolute Gasteiger partial charge is 1.00 e. The third kappa shape index (κ3) is 8.47. The summed E-state index contributed by atoms with van der Waals surface area (Å²) in [7, 11) is 0. The first-order valence-corrected chi connectivity index (χ1v) is 7.50. The van der Waals surface area contributed by atoms with Crippen molar-refractivity contribution >= 4 is 19.9 Å². The van der Waals surface area contributed by atoms with Crippen LogP contribution in [-0.4, -0.2) is 26.5 Å². The number of hydrogen-bond donors (Lipinski definition) is 0. The molecule has 0 aromatic heterocycles. The summed E-state index contributed by atoms with van der Waals surface area (Å²) in [6.07, 6.45) is 0. The second kappa shape index (κ2) is 7.58. The van der Waals surface area contributed by atoms with Gasteiger partial charge in [0.2, 0.25) is 0 Å². The molecule has 0 atom stereocenters. The quantitative estimate of drug-likeness (QED) is 0.454. The summed E-state index contributed by atoms with van der Waals surface area (Å²) >= 11 is -0.620. The molecule has 0 aliphatic carbocycles. The Morgan fingerprint density at radius 2 is 2.00 bits per heavy atom. The molecule has 0 N–H and O–H groups in total. The minimum atomic E-state index is -0.620. The molecule has 0 bridgehead atoms. The predicted molar refractivity (Wildman–Crippen MR) is 38.9 cm³/mol. The van der Waals surface area contributed by atoms with Crippen molar-refractivity contribution in [2.24, 2.45) is 0 Å². The second-order valence-electron chi connectivity index (χ2n) is 1.93. The van der Waals surface area contributed by atoms with Gasteiger partial charge in [-0.15, -0.1) is 0 Å². The summed E-state index contributed by atoms with van der Waals surface area (Å²) in [5.74, 6) is 4.21. The maximum Gasteiger partial charge on any atom is -1.00 e. The smallest absolute Gasteiger partial charge is 1.00 e. The fourth-order valence-corrected chi connectivity index (χ4v) is 1.60. The molecule has 0 aliphatic heterocycles. The van der Waals surface area contributed by atoms with E-state index in [1.165, 1.54) is 0 Å².